The van der Waals surface area contributed by atoms with E-state index in [1.807, 2.05) is 0 Å². The molecule has 0 spiro atoms. The lowest BCUT2D eigenvalue weighted by Crippen LogP contribution is -2.10. The Labute approximate surface area is 120 Å². The van der Waals surface area contributed by atoms with Crippen molar-refractivity contribution < 1.29 is 9.13 Å². The SMILES string of the molecule is Cc1cc(Oc2cc(Cl)ccc2C(N)=S)ccc1F. The number of hydrogen-bond donors (Lipinski definition) is 1. The van der Waals surface area contributed by atoms with E-state index in [0.29, 0.717) is 27.6 Å². The van der Waals surface area contributed by atoms with Crippen LogP contribution in [0.4, 0.5) is 4.39 Å². The zero-order valence-corrected chi connectivity index (χ0v) is 11.7. The number of benzene rings is 2. The second kappa shape index (κ2) is 5.55. The highest BCUT2D eigenvalue weighted by Gasteiger charge is 2.09. The minimum atomic E-state index is -0.284. The topological polar surface area (TPSA) is 35.2 Å². The molecule has 0 heterocycles. The second-order valence-electron chi connectivity index (χ2n) is 4.02. The number of nitrogens with two attached hydrogens (primary N) is 1. The number of thiocarbonyl (C=S) groups is 1. The Hall–Kier alpha value is -1.65. The van der Waals surface area contributed by atoms with Crippen LogP contribution in [0.3, 0.4) is 0 Å². The van der Waals surface area contributed by atoms with E-state index in [2.05, 4.69) is 0 Å². The van der Waals surface area contributed by atoms with E-state index in [9.17, 15) is 4.39 Å². The van der Waals surface area contributed by atoms with Crippen molar-refractivity contribution in [1.82, 2.24) is 0 Å². The lowest BCUT2D eigenvalue weighted by molar-refractivity contribution is 0.479. The van der Waals surface area contributed by atoms with Gasteiger partial charge in [-0.15, -0.1) is 0 Å². The van der Waals surface area contributed by atoms with Crippen molar-refractivity contribution in [3.63, 3.8) is 0 Å². The van der Waals surface area contributed by atoms with Crippen LogP contribution in [0.2, 0.25) is 5.02 Å². The number of rotatable bonds is 3. The molecule has 0 amide bonds. The first-order valence-electron chi connectivity index (χ1n) is 5.51. The summed E-state index contributed by atoms with van der Waals surface area (Å²) in [6.45, 7) is 1.66. The van der Waals surface area contributed by atoms with Gasteiger partial charge < -0.3 is 10.5 Å². The van der Waals surface area contributed by atoms with Gasteiger partial charge >= 0.3 is 0 Å². The van der Waals surface area contributed by atoms with Gasteiger partial charge in [0, 0.05) is 11.1 Å². The van der Waals surface area contributed by atoms with Crippen LogP contribution in [-0.4, -0.2) is 4.99 Å². The number of halogens is 2. The third-order valence-electron chi connectivity index (χ3n) is 2.57. The van der Waals surface area contributed by atoms with Crippen LogP contribution in [0.1, 0.15) is 11.1 Å². The predicted octanol–water partition coefficient (Wildman–Crippen LogP) is 4.21. The molecule has 98 valence electrons. The van der Waals surface area contributed by atoms with Crippen LogP contribution in [0, 0.1) is 12.7 Å². The minimum absolute atomic E-state index is 0.213. The summed E-state index contributed by atoms with van der Waals surface area (Å²) in [5.41, 5.74) is 6.70. The molecular weight excluding hydrogens is 285 g/mol. The van der Waals surface area contributed by atoms with Crippen LogP contribution < -0.4 is 10.5 Å². The molecule has 0 unspecified atom stereocenters. The average Bonchev–Trinajstić information content (AvgIpc) is 2.33. The molecule has 0 aliphatic carbocycles. The van der Waals surface area contributed by atoms with Crippen molar-refractivity contribution in [3.8, 4) is 11.5 Å². The standard InChI is InChI=1S/C14H11ClFNOS/c1-8-6-10(3-5-12(8)16)18-13-7-9(15)2-4-11(13)14(17)19/h2-7H,1H3,(H2,17,19). The lowest BCUT2D eigenvalue weighted by atomic mass is 10.2. The van der Waals surface area contributed by atoms with Crippen molar-refractivity contribution >= 4 is 28.8 Å². The molecule has 2 rings (SSSR count). The van der Waals surface area contributed by atoms with Gasteiger partial charge in [-0.1, -0.05) is 23.8 Å². The molecule has 2 nitrogen and oxygen atoms in total. The molecule has 2 aromatic rings. The average molecular weight is 296 g/mol. The number of ether oxygens (including phenoxy) is 1. The molecule has 5 heteroatoms. The van der Waals surface area contributed by atoms with Crippen molar-refractivity contribution in [3.05, 3.63) is 58.4 Å². The summed E-state index contributed by atoms with van der Waals surface area (Å²) >= 11 is 10.9. The Kier molecular flexibility index (Phi) is 4.02. The van der Waals surface area contributed by atoms with E-state index >= 15 is 0 Å². The van der Waals surface area contributed by atoms with Gasteiger partial charge in [0.1, 0.15) is 22.3 Å². The predicted molar refractivity (Wildman–Crippen MR) is 78.6 cm³/mol. The Bertz CT molecular complexity index is 645. The molecule has 0 atom stereocenters. The molecule has 0 saturated heterocycles. The number of aryl methyl sites for hydroxylation is 1. The zero-order valence-electron chi connectivity index (χ0n) is 10.1. The van der Waals surface area contributed by atoms with Crippen LogP contribution in [0.15, 0.2) is 36.4 Å². The Balaban J connectivity index is 2.39. The highest BCUT2D eigenvalue weighted by atomic mass is 35.5. The van der Waals surface area contributed by atoms with Crippen molar-refractivity contribution in [2.75, 3.05) is 0 Å². The first-order chi connectivity index (χ1) is 8.97. The van der Waals surface area contributed by atoms with Gasteiger partial charge in [-0.25, -0.2) is 4.39 Å². The monoisotopic (exact) mass is 295 g/mol. The molecule has 0 bridgehead atoms. The summed E-state index contributed by atoms with van der Waals surface area (Å²) in [7, 11) is 0. The molecule has 2 aromatic carbocycles. The minimum Gasteiger partial charge on any atom is -0.457 e. The van der Waals surface area contributed by atoms with Crippen molar-refractivity contribution in [1.29, 1.82) is 0 Å². The molecule has 0 aromatic heterocycles. The largest absolute Gasteiger partial charge is 0.457 e. The Morgan fingerprint density at radius 2 is 2.00 bits per heavy atom. The van der Waals surface area contributed by atoms with Gasteiger partial charge in [0.15, 0.2) is 0 Å². The molecule has 0 fully saturated rings. The Morgan fingerprint density at radius 1 is 1.26 bits per heavy atom. The normalized spacial score (nSPS) is 10.3. The summed E-state index contributed by atoms with van der Waals surface area (Å²) in [6, 6.07) is 9.46. The van der Waals surface area contributed by atoms with E-state index in [0.717, 1.165) is 0 Å². The number of hydrogen-bond acceptors (Lipinski definition) is 2. The molecule has 0 saturated carbocycles. The first-order valence-corrected chi connectivity index (χ1v) is 6.29. The van der Waals surface area contributed by atoms with E-state index in [-0.39, 0.29) is 10.8 Å². The third-order valence-corrected chi connectivity index (χ3v) is 3.02. The molecule has 2 N–H and O–H groups in total. The van der Waals surface area contributed by atoms with Crippen LogP contribution in [-0.2, 0) is 0 Å². The zero-order chi connectivity index (χ0) is 14.0. The highest BCUT2D eigenvalue weighted by Crippen LogP contribution is 2.29. The molecule has 19 heavy (non-hydrogen) atoms. The lowest BCUT2D eigenvalue weighted by Gasteiger charge is -2.11. The molecular formula is C14H11ClFNOS. The fourth-order valence-electron chi connectivity index (χ4n) is 1.59. The smallest absolute Gasteiger partial charge is 0.139 e. The quantitative estimate of drug-likeness (QED) is 0.861. The fourth-order valence-corrected chi connectivity index (χ4v) is 1.92. The summed E-state index contributed by atoms with van der Waals surface area (Å²) in [4.78, 5) is 0.213. The maximum absolute atomic E-state index is 13.2. The van der Waals surface area contributed by atoms with E-state index in [1.54, 1.807) is 31.2 Å². The van der Waals surface area contributed by atoms with Crippen molar-refractivity contribution in [2.45, 2.75) is 6.92 Å². The van der Waals surface area contributed by atoms with E-state index < -0.39 is 0 Å². The summed E-state index contributed by atoms with van der Waals surface area (Å²) < 4.78 is 18.9. The van der Waals surface area contributed by atoms with E-state index in [4.69, 9.17) is 34.3 Å². The van der Waals surface area contributed by atoms with Gasteiger partial charge in [0.2, 0.25) is 0 Å². The van der Waals surface area contributed by atoms with Gasteiger partial charge in [0.05, 0.1) is 5.56 Å². The maximum Gasteiger partial charge on any atom is 0.139 e. The van der Waals surface area contributed by atoms with Crippen molar-refractivity contribution in [2.24, 2.45) is 5.73 Å². The van der Waals surface area contributed by atoms with E-state index in [1.165, 1.54) is 12.1 Å². The maximum atomic E-state index is 13.2. The van der Waals surface area contributed by atoms with Crippen LogP contribution in [0.25, 0.3) is 0 Å². The molecule has 0 radical (unpaired) electrons. The summed E-state index contributed by atoms with van der Waals surface area (Å²) in [5, 5.41) is 0.508. The van der Waals surface area contributed by atoms with Gasteiger partial charge in [-0.05, 0) is 42.8 Å². The molecule has 0 aliphatic heterocycles. The Morgan fingerprint density at radius 3 is 2.63 bits per heavy atom. The fraction of sp³-hybridized carbons (Fsp3) is 0.0714. The third kappa shape index (κ3) is 3.22. The van der Waals surface area contributed by atoms with Gasteiger partial charge in [0.25, 0.3) is 0 Å². The molecule has 0 aliphatic rings. The highest BCUT2D eigenvalue weighted by molar-refractivity contribution is 7.80. The summed E-state index contributed by atoms with van der Waals surface area (Å²) in [6.07, 6.45) is 0. The first kappa shape index (κ1) is 13.8. The second-order valence-corrected chi connectivity index (χ2v) is 4.89. The summed E-state index contributed by atoms with van der Waals surface area (Å²) in [5.74, 6) is 0.665. The van der Waals surface area contributed by atoms with Crippen LogP contribution in [0.5, 0.6) is 11.5 Å². The van der Waals surface area contributed by atoms with Gasteiger partial charge in [-0.3, -0.25) is 0 Å². The van der Waals surface area contributed by atoms with Gasteiger partial charge in [-0.2, -0.15) is 0 Å². The van der Waals surface area contributed by atoms with Crippen LogP contribution >= 0.6 is 23.8 Å².